The Balaban J connectivity index is 0.00000110. The molecule has 1 unspecified atom stereocenters. The Bertz CT molecular complexity index is 343. The summed E-state index contributed by atoms with van der Waals surface area (Å²) in [6.45, 7) is 5.01. The Morgan fingerprint density at radius 3 is 2.38 bits per heavy atom. The van der Waals surface area contributed by atoms with Gasteiger partial charge in [0.05, 0.1) is 12.2 Å². The van der Waals surface area contributed by atoms with E-state index < -0.39 is 0 Å². The zero-order valence-electron chi connectivity index (χ0n) is 12.4. The standard InChI is InChI=1S/C14H25N3O2.2ClH/c15-13(18)11-1-7-17(8-2-11)12-9-14(19-10-12)3-5-16-6-4-14;;/h11-12,16H,1-10H2,(H2,15,18);2*1H. The van der Waals surface area contributed by atoms with Crippen molar-refractivity contribution in [3.8, 4) is 0 Å². The minimum atomic E-state index is -0.128. The molecule has 0 radical (unpaired) electrons. The Hall–Kier alpha value is -0.0700. The van der Waals surface area contributed by atoms with Crippen LogP contribution in [0.4, 0.5) is 0 Å². The van der Waals surface area contributed by atoms with E-state index >= 15 is 0 Å². The van der Waals surface area contributed by atoms with Crippen LogP contribution in [0, 0.1) is 5.92 Å². The number of hydrogen-bond donors (Lipinski definition) is 2. The minimum absolute atomic E-state index is 0. The first kappa shape index (κ1) is 19.0. The van der Waals surface area contributed by atoms with Crippen molar-refractivity contribution in [2.75, 3.05) is 32.8 Å². The molecule has 0 aromatic carbocycles. The van der Waals surface area contributed by atoms with E-state index in [2.05, 4.69) is 10.2 Å². The number of likely N-dealkylation sites (tertiary alicyclic amines) is 1. The molecule has 21 heavy (non-hydrogen) atoms. The number of nitrogens with zero attached hydrogens (tertiary/aromatic N) is 1. The number of halogens is 2. The molecule has 1 amide bonds. The maximum Gasteiger partial charge on any atom is 0.220 e. The summed E-state index contributed by atoms with van der Waals surface area (Å²) in [5.74, 6) is -0.0384. The van der Waals surface area contributed by atoms with E-state index in [1.165, 1.54) is 0 Å². The normalized spacial score (nSPS) is 29.6. The van der Waals surface area contributed by atoms with Gasteiger partial charge in [-0.05, 0) is 58.3 Å². The Morgan fingerprint density at radius 1 is 1.19 bits per heavy atom. The van der Waals surface area contributed by atoms with Crippen molar-refractivity contribution < 1.29 is 9.53 Å². The van der Waals surface area contributed by atoms with Crippen LogP contribution in [0.5, 0.6) is 0 Å². The summed E-state index contributed by atoms with van der Waals surface area (Å²) in [5.41, 5.74) is 5.52. The van der Waals surface area contributed by atoms with Crippen molar-refractivity contribution in [2.24, 2.45) is 11.7 Å². The number of carbonyl (C=O) groups excluding carboxylic acids is 1. The lowest BCUT2D eigenvalue weighted by Crippen LogP contribution is -2.46. The van der Waals surface area contributed by atoms with E-state index in [-0.39, 0.29) is 42.2 Å². The molecule has 3 aliphatic rings. The van der Waals surface area contributed by atoms with Crippen LogP contribution in [0.1, 0.15) is 32.1 Å². The molecule has 3 aliphatic heterocycles. The third-order valence-corrected chi connectivity index (χ3v) is 5.15. The van der Waals surface area contributed by atoms with Crippen LogP contribution in [0.3, 0.4) is 0 Å². The lowest BCUT2D eigenvalue weighted by Gasteiger charge is -2.36. The molecule has 7 heteroatoms. The van der Waals surface area contributed by atoms with Gasteiger partial charge in [0.25, 0.3) is 0 Å². The number of ether oxygens (including phenoxy) is 1. The van der Waals surface area contributed by atoms with Crippen LogP contribution in [0.15, 0.2) is 0 Å². The molecule has 0 aromatic rings. The molecular formula is C14H27Cl2N3O2. The van der Waals surface area contributed by atoms with Crippen molar-refractivity contribution in [3.05, 3.63) is 0 Å². The third kappa shape index (κ3) is 4.23. The largest absolute Gasteiger partial charge is 0.373 e. The van der Waals surface area contributed by atoms with Crippen molar-refractivity contribution in [1.82, 2.24) is 10.2 Å². The molecule has 0 bridgehead atoms. The molecule has 5 nitrogen and oxygen atoms in total. The SMILES string of the molecule is Cl.Cl.NC(=O)C1CCN(C2COC3(CCNCC3)C2)CC1. The smallest absolute Gasteiger partial charge is 0.220 e. The van der Waals surface area contributed by atoms with E-state index in [1.807, 2.05) is 0 Å². The number of carbonyl (C=O) groups is 1. The highest BCUT2D eigenvalue weighted by atomic mass is 35.5. The number of hydrogen-bond acceptors (Lipinski definition) is 4. The topological polar surface area (TPSA) is 67.6 Å². The first-order chi connectivity index (χ1) is 9.19. The van der Waals surface area contributed by atoms with Crippen LogP contribution in [0.25, 0.3) is 0 Å². The minimum Gasteiger partial charge on any atom is -0.373 e. The van der Waals surface area contributed by atoms with Crippen LogP contribution >= 0.6 is 24.8 Å². The summed E-state index contributed by atoms with van der Waals surface area (Å²) in [6, 6.07) is 0.548. The maximum atomic E-state index is 11.2. The predicted octanol–water partition coefficient (Wildman–Crippen LogP) is 0.938. The lowest BCUT2D eigenvalue weighted by atomic mass is 9.87. The van der Waals surface area contributed by atoms with Crippen molar-refractivity contribution >= 4 is 30.7 Å². The van der Waals surface area contributed by atoms with Gasteiger partial charge >= 0.3 is 0 Å². The fourth-order valence-corrected chi connectivity index (χ4v) is 3.83. The molecule has 0 aliphatic carbocycles. The number of amides is 1. The quantitative estimate of drug-likeness (QED) is 0.785. The van der Waals surface area contributed by atoms with E-state index in [4.69, 9.17) is 10.5 Å². The van der Waals surface area contributed by atoms with Gasteiger partial charge in [-0.15, -0.1) is 24.8 Å². The van der Waals surface area contributed by atoms with E-state index in [9.17, 15) is 4.79 Å². The number of primary amides is 1. The molecule has 0 saturated carbocycles. The van der Waals surface area contributed by atoms with E-state index in [0.29, 0.717) is 6.04 Å². The summed E-state index contributed by atoms with van der Waals surface area (Å²) in [4.78, 5) is 13.7. The van der Waals surface area contributed by atoms with Crippen LogP contribution < -0.4 is 11.1 Å². The summed E-state index contributed by atoms with van der Waals surface area (Å²) < 4.78 is 6.15. The molecule has 3 saturated heterocycles. The van der Waals surface area contributed by atoms with Gasteiger partial charge in [-0.3, -0.25) is 9.69 Å². The second-order valence-electron chi connectivity index (χ2n) is 6.31. The molecular weight excluding hydrogens is 313 g/mol. The zero-order chi connectivity index (χ0) is 13.3. The highest BCUT2D eigenvalue weighted by Gasteiger charge is 2.43. The maximum absolute atomic E-state index is 11.2. The first-order valence-corrected chi connectivity index (χ1v) is 7.57. The van der Waals surface area contributed by atoms with Gasteiger partial charge in [-0.1, -0.05) is 0 Å². The van der Waals surface area contributed by atoms with Crippen molar-refractivity contribution in [2.45, 2.75) is 43.7 Å². The van der Waals surface area contributed by atoms with Crippen LogP contribution in [-0.4, -0.2) is 55.2 Å². The number of nitrogens with two attached hydrogens (primary N) is 1. The molecule has 3 N–H and O–H groups in total. The van der Waals surface area contributed by atoms with Gasteiger partial charge in [-0.25, -0.2) is 0 Å². The molecule has 3 rings (SSSR count). The third-order valence-electron chi connectivity index (χ3n) is 5.15. The van der Waals surface area contributed by atoms with Gasteiger partial charge in [0.15, 0.2) is 0 Å². The second-order valence-corrected chi connectivity index (χ2v) is 6.31. The average molecular weight is 340 g/mol. The fraction of sp³-hybridized carbons (Fsp3) is 0.929. The summed E-state index contributed by atoms with van der Waals surface area (Å²) in [6.07, 6.45) is 5.28. The summed E-state index contributed by atoms with van der Waals surface area (Å²) in [5, 5.41) is 3.40. The molecule has 0 aromatic heterocycles. The average Bonchev–Trinajstić information content (AvgIpc) is 2.83. The zero-order valence-corrected chi connectivity index (χ0v) is 14.0. The molecule has 124 valence electrons. The van der Waals surface area contributed by atoms with Gasteiger partial charge in [0, 0.05) is 12.0 Å². The molecule has 1 atom stereocenters. The highest BCUT2D eigenvalue weighted by molar-refractivity contribution is 5.85. The molecule has 3 fully saturated rings. The van der Waals surface area contributed by atoms with E-state index in [0.717, 1.165) is 64.9 Å². The fourth-order valence-electron chi connectivity index (χ4n) is 3.83. The van der Waals surface area contributed by atoms with Gasteiger partial charge in [0.1, 0.15) is 0 Å². The number of nitrogens with one attached hydrogen (secondary N) is 1. The molecule has 1 spiro atoms. The summed E-state index contributed by atoms with van der Waals surface area (Å²) in [7, 11) is 0. The predicted molar refractivity (Wildman–Crippen MR) is 87.2 cm³/mol. The summed E-state index contributed by atoms with van der Waals surface area (Å²) >= 11 is 0. The number of piperidine rings is 2. The van der Waals surface area contributed by atoms with Gasteiger partial charge in [0.2, 0.25) is 5.91 Å². The van der Waals surface area contributed by atoms with Gasteiger partial charge < -0.3 is 15.8 Å². The lowest BCUT2D eigenvalue weighted by molar-refractivity contribution is -0.123. The Morgan fingerprint density at radius 2 is 1.81 bits per heavy atom. The number of rotatable bonds is 2. The van der Waals surface area contributed by atoms with Crippen molar-refractivity contribution in [1.29, 1.82) is 0 Å². The second kappa shape index (κ2) is 7.97. The Labute approximate surface area is 139 Å². The monoisotopic (exact) mass is 339 g/mol. The van der Waals surface area contributed by atoms with Gasteiger partial charge in [-0.2, -0.15) is 0 Å². The Kier molecular flexibility index (Phi) is 7.20. The van der Waals surface area contributed by atoms with Crippen LogP contribution in [0.2, 0.25) is 0 Å². The first-order valence-electron chi connectivity index (χ1n) is 7.57. The van der Waals surface area contributed by atoms with E-state index in [1.54, 1.807) is 0 Å². The highest BCUT2D eigenvalue weighted by Crippen LogP contribution is 2.36. The van der Waals surface area contributed by atoms with Crippen molar-refractivity contribution in [3.63, 3.8) is 0 Å². The molecule has 3 heterocycles. The van der Waals surface area contributed by atoms with Crippen LogP contribution in [-0.2, 0) is 9.53 Å².